The van der Waals surface area contributed by atoms with E-state index >= 15 is 0 Å². The maximum atomic E-state index is 12.8. The molecular weight excluding hydrogens is 318 g/mol. The second-order valence-electron chi connectivity index (χ2n) is 6.63. The first-order valence-corrected chi connectivity index (χ1v) is 8.55. The number of nitrogens with zero attached hydrogens (tertiary/aromatic N) is 3. The Labute approximate surface area is 148 Å². The van der Waals surface area contributed by atoms with Crippen molar-refractivity contribution in [2.24, 2.45) is 7.05 Å². The largest absolute Gasteiger partial charge is 0.490 e. The fourth-order valence-electron chi connectivity index (χ4n) is 3.26. The monoisotopic (exact) mass is 343 g/mol. The SMILES string of the molecule is COC1(COc2ccccc2C)CCCN(C(=O)c2nccn2C)C1. The number of rotatable bonds is 5. The van der Waals surface area contributed by atoms with E-state index in [1.807, 2.05) is 43.1 Å². The van der Waals surface area contributed by atoms with Gasteiger partial charge in [0.15, 0.2) is 5.82 Å². The molecule has 2 aromatic rings. The number of benzene rings is 1. The summed E-state index contributed by atoms with van der Waals surface area (Å²) >= 11 is 0. The van der Waals surface area contributed by atoms with Gasteiger partial charge < -0.3 is 18.9 Å². The van der Waals surface area contributed by atoms with Crippen molar-refractivity contribution in [2.75, 3.05) is 26.8 Å². The summed E-state index contributed by atoms with van der Waals surface area (Å²) in [6.07, 6.45) is 5.16. The van der Waals surface area contributed by atoms with E-state index in [9.17, 15) is 4.79 Å². The Morgan fingerprint density at radius 2 is 2.16 bits per heavy atom. The van der Waals surface area contributed by atoms with Crippen LogP contribution < -0.4 is 4.74 Å². The highest BCUT2D eigenvalue weighted by molar-refractivity contribution is 5.91. The van der Waals surface area contributed by atoms with Gasteiger partial charge in [-0.2, -0.15) is 0 Å². The molecule has 0 aliphatic carbocycles. The summed E-state index contributed by atoms with van der Waals surface area (Å²) in [6.45, 7) is 3.65. The molecule has 6 heteroatoms. The third-order valence-corrected chi connectivity index (χ3v) is 4.86. The molecule has 25 heavy (non-hydrogen) atoms. The first-order valence-electron chi connectivity index (χ1n) is 8.55. The molecule has 1 aliphatic rings. The minimum Gasteiger partial charge on any atom is -0.490 e. The lowest BCUT2D eigenvalue weighted by molar-refractivity contribution is -0.0827. The van der Waals surface area contributed by atoms with Gasteiger partial charge in [0.05, 0.1) is 6.54 Å². The third-order valence-electron chi connectivity index (χ3n) is 4.86. The van der Waals surface area contributed by atoms with E-state index in [4.69, 9.17) is 9.47 Å². The van der Waals surface area contributed by atoms with Crippen LogP contribution in [-0.4, -0.2) is 52.8 Å². The van der Waals surface area contributed by atoms with Crippen LogP contribution >= 0.6 is 0 Å². The average molecular weight is 343 g/mol. The Kier molecular flexibility index (Phi) is 5.08. The maximum absolute atomic E-state index is 12.8. The highest BCUT2D eigenvalue weighted by Crippen LogP contribution is 2.27. The second kappa shape index (κ2) is 7.27. The third kappa shape index (κ3) is 3.69. The van der Waals surface area contributed by atoms with E-state index in [0.717, 1.165) is 24.2 Å². The maximum Gasteiger partial charge on any atom is 0.289 e. The van der Waals surface area contributed by atoms with Crippen LogP contribution in [0.15, 0.2) is 36.7 Å². The summed E-state index contributed by atoms with van der Waals surface area (Å²) in [4.78, 5) is 18.7. The van der Waals surface area contributed by atoms with Gasteiger partial charge in [0.25, 0.3) is 5.91 Å². The Morgan fingerprint density at radius 3 is 2.84 bits per heavy atom. The standard InChI is InChI=1S/C19H25N3O3/c1-15-7-4-5-8-16(15)25-14-19(24-3)9-6-11-22(13-19)18(23)17-20-10-12-21(17)2/h4-5,7-8,10,12H,6,9,11,13-14H2,1-3H3. The van der Waals surface area contributed by atoms with Gasteiger partial charge in [0.1, 0.15) is 18.0 Å². The number of hydrogen-bond acceptors (Lipinski definition) is 4. The van der Waals surface area contributed by atoms with Crippen molar-refractivity contribution in [1.82, 2.24) is 14.5 Å². The van der Waals surface area contributed by atoms with E-state index in [-0.39, 0.29) is 5.91 Å². The molecule has 0 N–H and O–H groups in total. The zero-order valence-corrected chi connectivity index (χ0v) is 15.1. The van der Waals surface area contributed by atoms with Crippen LogP contribution in [0.2, 0.25) is 0 Å². The predicted octanol–water partition coefficient (Wildman–Crippen LogP) is 2.43. The summed E-state index contributed by atoms with van der Waals surface area (Å²) in [7, 11) is 3.52. The topological polar surface area (TPSA) is 56.6 Å². The van der Waals surface area contributed by atoms with Crippen molar-refractivity contribution < 1.29 is 14.3 Å². The number of methoxy groups -OCH3 is 1. The lowest BCUT2D eigenvalue weighted by atomic mass is 9.93. The van der Waals surface area contributed by atoms with E-state index in [2.05, 4.69) is 4.98 Å². The van der Waals surface area contributed by atoms with Gasteiger partial charge in [-0.05, 0) is 31.4 Å². The number of likely N-dealkylation sites (tertiary alicyclic amines) is 1. The fraction of sp³-hybridized carbons (Fsp3) is 0.474. The lowest BCUT2D eigenvalue weighted by Gasteiger charge is -2.41. The molecule has 134 valence electrons. The highest BCUT2D eigenvalue weighted by Gasteiger charge is 2.39. The Bertz CT molecular complexity index is 743. The van der Waals surface area contributed by atoms with Crippen molar-refractivity contribution in [3.05, 3.63) is 48.0 Å². The van der Waals surface area contributed by atoms with Crippen LogP contribution in [0.5, 0.6) is 5.75 Å². The van der Waals surface area contributed by atoms with E-state index in [0.29, 0.717) is 25.5 Å². The molecule has 0 bridgehead atoms. The molecule has 1 fully saturated rings. The molecule has 1 aliphatic heterocycles. The second-order valence-corrected chi connectivity index (χ2v) is 6.63. The minimum atomic E-state index is -0.499. The minimum absolute atomic E-state index is 0.0653. The zero-order chi connectivity index (χ0) is 17.9. The van der Waals surface area contributed by atoms with Gasteiger partial charge in [0, 0.05) is 33.1 Å². The van der Waals surface area contributed by atoms with Crippen LogP contribution in [0, 0.1) is 6.92 Å². The molecular formula is C19H25N3O3. The normalized spacial score (nSPS) is 20.5. The van der Waals surface area contributed by atoms with Gasteiger partial charge >= 0.3 is 0 Å². The number of amides is 1. The number of imidazole rings is 1. The molecule has 0 spiro atoms. The number of aryl methyl sites for hydroxylation is 2. The van der Waals surface area contributed by atoms with Crippen LogP contribution in [0.4, 0.5) is 0 Å². The molecule has 3 rings (SSSR count). The zero-order valence-electron chi connectivity index (χ0n) is 15.1. The number of hydrogen-bond donors (Lipinski definition) is 0. The molecule has 0 radical (unpaired) electrons. The number of para-hydroxylation sites is 1. The summed E-state index contributed by atoms with van der Waals surface area (Å²) in [6, 6.07) is 7.92. The van der Waals surface area contributed by atoms with Gasteiger partial charge in [-0.1, -0.05) is 18.2 Å². The average Bonchev–Trinajstić information content (AvgIpc) is 3.06. The van der Waals surface area contributed by atoms with Gasteiger partial charge in [0.2, 0.25) is 0 Å². The summed E-state index contributed by atoms with van der Waals surface area (Å²) in [5, 5.41) is 0. The molecule has 0 saturated carbocycles. The smallest absolute Gasteiger partial charge is 0.289 e. The number of ether oxygens (including phenoxy) is 2. The van der Waals surface area contributed by atoms with Crippen molar-refractivity contribution in [3.63, 3.8) is 0 Å². The van der Waals surface area contributed by atoms with Crippen LogP contribution in [0.3, 0.4) is 0 Å². The molecule has 2 heterocycles. The van der Waals surface area contributed by atoms with Crippen LogP contribution in [-0.2, 0) is 11.8 Å². The molecule has 1 aromatic heterocycles. The van der Waals surface area contributed by atoms with Crippen LogP contribution in [0.25, 0.3) is 0 Å². The summed E-state index contributed by atoms with van der Waals surface area (Å²) < 4.78 is 13.6. The molecule has 1 saturated heterocycles. The van der Waals surface area contributed by atoms with Gasteiger partial charge in [-0.15, -0.1) is 0 Å². The summed E-state index contributed by atoms with van der Waals surface area (Å²) in [5.41, 5.74) is 0.590. The van der Waals surface area contributed by atoms with Crippen molar-refractivity contribution >= 4 is 5.91 Å². The predicted molar refractivity (Wildman–Crippen MR) is 94.8 cm³/mol. The Morgan fingerprint density at radius 1 is 1.36 bits per heavy atom. The number of aromatic nitrogens is 2. The fourth-order valence-corrected chi connectivity index (χ4v) is 3.26. The number of piperidine rings is 1. The molecule has 1 unspecified atom stereocenters. The molecule has 6 nitrogen and oxygen atoms in total. The first-order chi connectivity index (χ1) is 12.0. The van der Waals surface area contributed by atoms with Crippen molar-refractivity contribution in [3.8, 4) is 5.75 Å². The van der Waals surface area contributed by atoms with E-state index in [1.165, 1.54) is 0 Å². The number of carbonyl (C=O) groups is 1. The Hall–Kier alpha value is -2.34. The lowest BCUT2D eigenvalue weighted by Crippen LogP contribution is -2.54. The Balaban J connectivity index is 1.71. The van der Waals surface area contributed by atoms with E-state index < -0.39 is 5.60 Å². The van der Waals surface area contributed by atoms with E-state index in [1.54, 1.807) is 24.1 Å². The molecule has 1 atom stereocenters. The highest BCUT2D eigenvalue weighted by atomic mass is 16.5. The molecule has 1 aromatic carbocycles. The quantitative estimate of drug-likeness (QED) is 0.837. The van der Waals surface area contributed by atoms with Gasteiger partial charge in [-0.3, -0.25) is 4.79 Å². The van der Waals surface area contributed by atoms with Crippen molar-refractivity contribution in [2.45, 2.75) is 25.4 Å². The summed E-state index contributed by atoms with van der Waals surface area (Å²) in [5.74, 6) is 1.24. The van der Waals surface area contributed by atoms with Crippen molar-refractivity contribution in [1.29, 1.82) is 0 Å². The number of carbonyl (C=O) groups excluding carboxylic acids is 1. The van der Waals surface area contributed by atoms with Gasteiger partial charge in [-0.25, -0.2) is 4.98 Å². The van der Waals surface area contributed by atoms with Crippen LogP contribution in [0.1, 0.15) is 29.0 Å². The molecule has 1 amide bonds. The first kappa shape index (κ1) is 17.5.